The maximum absolute atomic E-state index is 12.0. The monoisotopic (exact) mass is 266 g/mol. The third-order valence-electron chi connectivity index (χ3n) is 3.05. The summed E-state index contributed by atoms with van der Waals surface area (Å²) in [6.45, 7) is 1.80. The smallest absolute Gasteiger partial charge is 0.228 e. The molecular formula is C15H14N4O. The number of hydrogen-bond donors (Lipinski definition) is 2. The molecule has 0 saturated heterocycles. The SMILES string of the molecule is Cc1ncc(NC(=O)Cc2ccc3[nH]ccc3c2)cn1. The Bertz CT molecular complexity index is 746. The van der Waals surface area contributed by atoms with E-state index in [2.05, 4.69) is 20.3 Å². The van der Waals surface area contributed by atoms with Crippen LogP contribution in [0.4, 0.5) is 5.69 Å². The van der Waals surface area contributed by atoms with Gasteiger partial charge in [-0.2, -0.15) is 0 Å². The summed E-state index contributed by atoms with van der Waals surface area (Å²) < 4.78 is 0. The van der Waals surface area contributed by atoms with E-state index in [0.717, 1.165) is 16.5 Å². The first-order valence-corrected chi connectivity index (χ1v) is 6.35. The number of benzene rings is 1. The fourth-order valence-corrected chi connectivity index (χ4v) is 2.06. The summed E-state index contributed by atoms with van der Waals surface area (Å²) in [6, 6.07) is 7.93. The van der Waals surface area contributed by atoms with Crippen molar-refractivity contribution in [2.75, 3.05) is 5.32 Å². The van der Waals surface area contributed by atoms with Gasteiger partial charge in [-0.3, -0.25) is 4.79 Å². The second-order valence-electron chi connectivity index (χ2n) is 4.64. The van der Waals surface area contributed by atoms with Crippen molar-refractivity contribution in [2.45, 2.75) is 13.3 Å². The number of nitrogens with one attached hydrogen (secondary N) is 2. The molecular weight excluding hydrogens is 252 g/mol. The average molecular weight is 266 g/mol. The first-order valence-electron chi connectivity index (χ1n) is 6.35. The molecule has 0 radical (unpaired) electrons. The zero-order valence-electron chi connectivity index (χ0n) is 11.1. The van der Waals surface area contributed by atoms with Gasteiger partial charge in [-0.05, 0) is 36.1 Å². The van der Waals surface area contributed by atoms with Gasteiger partial charge >= 0.3 is 0 Å². The Balaban J connectivity index is 1.70. The zero-order valence-corrected chi connectivity index (χ0v) is 11.1. The number of aromatic nitrogens is 3. The van der Waals surface area contributed by atoms with E-state index >= 15 is 0 Å². The van der Waals surface area contributed by atoms with Crippen LogP contribution in [0, 0.1) is 6.92 Å². The standard InChI is InChI=1S/C15H14N4O/c1-10-17-8-13(9-18-10)19-15(20)7-11-2-3-14-12(6-11)4-5-16-14/h2-6,8-9,16H,7H2,1H3,(H,19,20). The molecule has 0 fully saturated rings. The molecule has 0 atom stereocenters. The highest BCUT2D eigenvalue weighted by Gasteiger charge is 2.06. The van der Waals surface area contributed by atoms with Crippen molar-refractivity contribution < 1.29 is 4.79 Å². The van der Waals surface area contributed by atoms with Crippen LogP contribution >= 0.6 is 0 Å². The molecule has 2 N–H and O–H groups in total. The number of carbonyl (C=O) groups excluding carboxylic acids is 1. The van der Waals surface area contributed by atoms with E-state index in [1.54, 1.807) is 19.3 Å². The highest BCUT2D eigenvalue weighted by atomic mass is 16.1. The van der Waals surface area contributed by atoms with Crippen LogP contribution in [0.5, 0.6) is 0 Å². The molecule has 1 amide bonds. The summed E-state index contributed by atoms with van der Waals surface area (Å²) in [6.07, 6.45) is 5.43. The molecule has 3 aromatic rings. The van der Waals surface area contributed by atoms with E-state index in [9.17, 15) is 4.79 Å². The summed E-state index contributed by atoms with van der Waals surface area (Å²) in [5.74, 6) is 0.605. The Kier molecular flexibility index (Phi) is 3.16. The molecule has 3 rings (SSSR count). The van der Waals surface area contributed by atoms with Crippen molar-refractivity contribution in [1.29, 1.82) is 0 Å². The van der Waals surface area contributed by atoms with Gasteiger partial charge in [0, 0.05) is 11.7 Å². The minimum atomic E-state index is -0.0765. The molecule has 0 aliphatic rings. The lowest BCUT2D eigenvalue weighted by molar-refractivity contribution is -0.115. The topological polar surface area (TPSA) is 70.7 Å². The largest absolute Gasteiger partial charge is 0.361 e. The molecule has 0 spiro atoms. The van der Waals surface area contributed by atoms with E-state index in [0.29, 0.717) is 17.9 Å². The number of fused-ring (bicyclic) bond motifs is 1. The summed E-state index contributed by atoms with van der Waals surface area (Å²) in [7, 11) is 0. The normalized spacial score (nSPS) is 10.7. The Morgan fingerprint density at radius 1 is 1.25 bits per heavy atom. The number of aromatic amines is 1. The first-order chi connectivity index (χ1) is 9.70. The average Bonchev–Trinajstić information content (AvgIpc) is 2.89. The van der Waals surface area contributed by atoms with Crippen LogP contribution in [0.15, 0.2) is 42.9 Å². The number of nitrogens with zero attached hydrogens (tertiary/aromatic N) is 2. The van der Waals surface area contributed by atoms with Gasteiger partial charge in [-0.1, -0.05) is 6.07 Å². The third kappa shape index (κ3) is 2.66. The van der Waals surface area contributed by atoms with Gasteiger partial charge in [0.2, 0.25) is 5.91 Å². The van der Waals surface area contributed by atoms with Crippen LogP contribution in [-0.4, -0.2) is 20.9 Å². The van der Waals surface area contributed by atoms with Crippen molar-refractivity contribution in [3.05, 3.63) is 54.2 Å². The van der Waals surface area contributed by atoms with E-state index in [-0.39, 0.29) is 5.91 Å². The number of H-pyrrole nitrogens is 1. The third-order valence-corrected chi connectivity index (χ3v) is 3.05. The lowest BCUT2D eigenvalue weighted by atomic mass is 10.1. The molecule has 20 heavy (non-hydrogen) atoms. The van der Waals surface area contributed by atoms with E-state index in [1.165, 1.54) is 0 Å². The Morgan fingerprint density at radius 2 is 2.05 bits per heavy atom. The number of amides is 1. The summed E-state index contributed by atoms with van der Waals surface area (Å²) in [4.78, 5) is 23.2. The van der Waals surface area contributed by atoms with Gasteiger partial charge in [0.1, 0.15) is 5.82 Å². The molecule has 5 nitrogen and oxygen atoms in total. The lowest BCUT2D eigenvalue weighted by Gasteiger charge is -2.05. The van der Waals surface area contributed by atoms with Gasteiger partial charge in [0.15, 0.2) is 0 Å². The summed E-state index contributed by atoms with van der Waals surface area (Å²) in [5, 5.41) is 3.89. The summed E-state index contributed by atoms with van der Waals surface area (Å²) >= 11 is 0. The second-order valence-corrected chi connectivity index (χ2v) is 4.64. The zero-order chi connectivity index (χ0) is 13.9. The van der Waals surface area contributed by atoms with Gasteiger partial charge < -0.3 is 10.3 Å². The van der Waals surface area contributed by atoms with E-state index < -0.39 is 0 Å². The molecule has 100 valence electrons. The van der Waals surface area contributed by atoms with Gasteiger partial charge in [0.25, 0.3) is 0 Å². The molecule has 0 saturated carbocycles. The minimum Gasteiger partial charge on any atom is -0.361 e. The number of anilines is 1. The van der Waals surface area contributed by atoms with Crippen LogP contribution in [0.2, 0.25) is 0 Å². The lowest BCUT2D eigenvalue weighted by Crippen LogP contribution is -2.14. The predicted molar refractivity (Wildman–Crippen MR) is 77.4 cm³/mol. The number of aryl methyl sites for hydroxylation is 1. The van der Waals surface area contributed by atoms with Crippen molar-refractivity contribution in [3.8, 4) is 0 Å². The number of hydrogen-bond acceptors (Lipinski definition) is 3. The molecule has 0 unspecified atom stereocenters. The Labute approximate surface area is 116 Å². The van der Waals surface area contributed by atoms with E-state index in [1.807, 2.05) is 30.5 Å². The molecule has 2 heterocycles. The molecule has 2 aromatic heterocycles. The van der Waals surface area contributed by atoms with Crippen molar-refractivity contribution in [2.24, 2.45) is 0 Å². The quantitative estimate of drug-likeness (QED) is 0.765. The molecule has 1 aromatic carbocycles. The molecule has 0 aliphatic carbocycles. The van der Waals surface area contributed by atoms with Crippen molar-refractivity contribution in [1.82, 2.24) is 15.0 Å². The summed E-state index contributed by atoms with van der Waals surface area (Å²) in [5.41, 5.74) is 2.66. The maximum Gasteiger partial charge on any atom is 0.228 e. The maximum atomic E-state index is 12.0. The van der Waals surface area contributed by atoms with Gasteiger partial charge in [0.05, 0.1) is 24.5 Å². The predicted octanol–water partition coefficient (Wildman–Crippen LogP) is 2.45. The second kappa shape index (κ2) is 5.13. The highest BCUT2D eigenvalue weighted by molar-refractivity contribution is 5.92. The fraction of sp³-hybridized carbons (Fsp3) is 0.133. The highest BCUT2D eigenvalue weighted by Crippen LogP contribution is 2.15. The van der Waals surface area contributed by atoms with Gasteiger partial charge in [-0.15, -0.1) is 0 Å². The molecule has 5 heteroatoms. The fourth-order valence-electron chi connectivity index (χ4n) is 2.06. The minimum absolute atomic E-state index is 0.0765. The van der Waals surface area contributed by atoms with Crippen LogP contribution in [0.25, 0.3) is 10.9 Å². The molecule has 0 aliphatic heterocycles. The van der Waals surface area contributed by atoms with Gasteiger partial charge in [-0.25, -0.2) is 9.97 Å². The number of rotatable bonds is 3. The Hall–Kier alpha value is -2.69. The first kappa shape index (κ1) is 12.3. The van der Waals surface area contributed by atoms with Crippen LogP contribution in [0.1, 0.15) is 11.4 Å². The number of carbonyl (C=O) groups is 1. The van der Waals surface area contributed by atoms with Crippen LogP contribution in [-0.2, 0) is 11.2 Å². The Morgan fingerprint density at radius 3 is 2.85 bits per heavy atom. The van der Waals surface area contributed by atoms with Crippen LogP contribution < -0.4 is 5.32 Å². The van der Waals surface area contributed by atoms with Crippen molar-refractivity contribution >= 4 is 22.5 Å². The van der Waals surface area contributed by atoms with Crippen LogP contribution in [0.3, 0.4) is 0 Å². The van der Waals surface area contributed by atoms with Crippen molar-refractivity contribution in [3.63, 3.8) is 0 Å². The molecule has 0 bridgehead atoms. The van der Waals surface area contributed by atoms with E-state index in [4.69, 9.17) is 0 Å².